The Morgan fingerprint density at radius 3 is 2.77 bits per heavy atom. The largest absolute Gasteiger partial charge is 0.508 e. The molecule has 1 unspecified atom stereocenters. The zero-order valence-electron chi connectivity index (χ0n) is 7.95. The van der Waals surface area contributed by atoms with Gasteiger partial charge in [0, 0.05) is 6.42 Å². The minimum Gasteiger partial charge on any atom is -0.508 e. The van der Waals surface area contributed by atoms with Crippen molar-refractivity contribution in [3.8, 4) is 5.75 Å². The van der Waals surface area contributed by atoms with Crippen LogP contribution in [0.15, 0.2) is 18.2 Å². The number of aryl methyl sites for hydroxylation is 1. The third-order valence-electron chi connectivity index (χ3n) is 2.25. The van der Waals surface area contributed by atoms with Crippen LogP contribution < -0.4 is 0 Å². The molecule has 1 N–H and O–H groups in total. The first kappa shape index (κ1) is 9.78. The normalized spacial score (nSPS) is 12.5. The van der Waals surface area contributed by atoms with Crippen LogP contribution in [-0.4, -0.2) is 11.4 Å². The van der Waals surface area contributed by atoms with E-state index in [1.807, 2.05) is 26.0 Å². The van der Waals surface area contributed by atoms with E-state index in [1.54, 1.807) is 6.07 Å². The van der Waals surface area contributed by atoms with E-state index in [2.05, 4.69) is 0 Å². The van der Waals surface area contributed by atoms with Crippen molar-refractivity contribution in [2.75, 3.05) is 0 Å². The van der Waals surface area contributed by atoms with Crippen molar-refractivity contribution in [3.05, 3.63) is 29.3 Å². The van der Waals surface area contributed by atoms with Crippen molar-refractivity contribution in [2.45, 2.75) is 26.2 Å². The summed E-state index contributed by atoms with van der Waals surface area (Å²) in [6.07, 6.45) is 1.41. The number of phenols is 1. The van der Waals surface area contributed by atoms with Crippen molar-refractivity contribution >= 4 is 6.29 Å². The third kappa shape index (κ3) is 2.31. The molecule has 0 aromatic heterocycles. The minimum absolute atomic E-state index is 0.184. The minimum atomic E-state index is 0.184. The van der Waals surface area contributed by atoms with Gasteiger partial charge in [-0.2, -0.15) is 0 Å². The Kier molecular flexibility index (Phi) is 3.07. The Labute approximate surface area is 78.2 Å². The van der Waals surface area contributed by atoms with Gasteiger partial charge in [-0.05, 0) is 30.0 Å². The molecule has 0 fully saturated rings. The van der Waals surface area contributed by atoms with Gasteiger partial charge in [0.25, 0.3) is 0 Å². The van der Waals surface area contributed by atoms with E-state index in [4.69, 9.17) is 0 Å². The van der Waals surface area contributed by atoms with Crippen LogP contribution in [0.5, 0.6) is 5.75 Å². The van der Waals surface area contributed by atoms with E-state index in [1.165, 1.54) is 0 Å². The van der Waals surface area contributed by atoms with Gasteiger partial charge in [-0.25, -0.2) is 0 Å². The number of phenolic OH excluding ortho intramolecular Hbond substituents is 1. The Balaban J connectivity index is 2.89. The molecule has 0 bridgehead atoms. The lowest BCUT2D eigenvalue weighted by molar-refractivity contribution is -0.108. The maximum Gasteiger partial charge on any atom is 0.120 e. The zero-order valence-corrected chi connectivity index (χ0v) is 7.95. The molecule has 2 heteroatoms. The second-order valence-electron chi connectivity index (χ2n) is 3.35. The molecule has 0 heterocycles. The monoisotopic (exact) mass is 178 g/mol. The maximum atomic E-state index is 10.3. The topological polar surface area (TPSA) is 37.3 Å². The van der Waals surface area contributed by atoms with E-state index in [0.29, 0.717) is 12.2 Å². The van der Waals surface area contributed by atoms with Crippen molar-refractivity contribution in [2.24, 2.45) is 0 Å². The number of aromatic hydroxyl groups is 1. The molecule has 0 saturated carbocycles. The summed E-state index contributed by atoms with van der Waals surface area (Å²) in [4.78, 5) is 10.3. The molecule has 1 rings (SSSR count). The maximum absolute atomic E-state index is 10.3. The molecule has 0 amide bonds. The van der Waals surface area contributed by atoms with Gasteiger partial charge in [-0.15, -0.1) is 0 Å². The molecule has 0 aliphatic rings. The van der Waals surface area contributed by atoms with E-state index in [-0.39, 0.29) is 5.92 Å². The van der Waals surface area contributed by atoms with Gasteiger partial charge < -0.3 is 9.90 Å². The van der Waals surface area contributed by atoms with E-state index >= 15 is 0 Å². The van der Waals surface area contributed by atoms with Crippen LogP contribution in [0, 0.1) is 6.92 Å². The fraction of sp³-hybridized carbons (Fsp3) is 0.364. The summed E-state index contributed by atoms with van der Waals surface area (Å²) >= 11 is 0. The van der Waals surface area contributed by atoms with E-state index in [0.717, 1.165) is 17.4 Å². The van der Waals surface area contributed by atoms with Crippen LogP contribution in [0.4, 0.5) is 0 Å². The van der Waals surface area contributed by atoms with Gasteiger partial charge in [-0.1, -0.05) is 19.1 Å². The first-order valence-corrected chi connectivity index (χ1v) is 4.38. The molecule has 0 aliphatic heterocycles. The average Bonchev–Trinajstić information content (AvgIpc) is 2.10. The van der Waals surface area contributed by atoms with Crippen molar-refractivity contribution in [1.82, 2.24) is 0 Å². The van der Waals surface area contributed by atoms with Crippen LogP contribution >= 0.6 is 0 Å². The number of hydrogen-bond donors (Lipinski definition) is 1. The third-order valence-corrected chi connectivity index (χ3v) is 2.25. The Bertz CT molecular complexity index is 305. The molecule has 0 radical (unpaired) electrons. The molecule has 0 aliphatic carbocycles. The zero-order chi connectivity index (χ0) is 9.84. The van der Waals surface area contributed by atoms with Gasteiger partial charge in [0.1, 0.15) is 12.0 Å². The Morgan fingerprint density at radius 2 is 2.23 bits per heavy atom. The van der Waals surface area contributed by atoms with Crippen LogP contribution in [0.3, 0.4) is 0 Å². The van der Waals surface area contributed by atoms with Gasteiger partial charge >= 0.3 is 0 Å². The molecule has 0 saturated heterocycles. The number of hydrogen-bond acceptors (Lipinski definition) is 2. The highest BCUT2D eigenvalue weighted by atomic mass is 16.3. The van der Waals surface area contributed by atoms with Crippen molar-refractivity contribution in [1.29, 1.82) is 0 Å². The van der Waals surface area contributed by atoms with Gasteiger partial charge in [-0.3, -0.25) is 0 Å². The van der Waals surface area contributed by atoms with Gasteiger partial charge in [0.15, 0.2) is 0 Å². The lowest BCUT2D eigenvalue weighted by atomic mass is 9.97. The second-order valence-corrected chi connectivity index (χ2v) is 3.35. The Morgan fingerprint density at radius 1 is 1.54 bits per heavy atom. The summed E-state index contributed by atoms with van der Waals surface area (Å²) in [7, 11) is 0. The summed E-state index contributed by atoms with van der Waals surface area (Å²) in [6, 6.07) is 5.54. The molecular weight excluding hydrogens is 164 g/mol. The smallest absolute Gasteiger partial charge is 0.120 e. The van der Waals surface area contributed by atoms with Crippen LogP contribution in [-0.2, 0) is 4.79 Å². The van der Waals surface area contributed by atoms with E-state index in [9.17, 15) is 9.90 Å². The highest BCUT2D eigenvalue weighted by molar-refractivity contribution is 5.52. The summed E-state index contributed by atoms with van der Waals surface area (Å²) < 4.78 is 0. The van der Waals surface area contributed by atoms with Gasteiger partial charge in [0.2, 0.25) is 0 Å². The lowest BCUT2D eigenvalue weighted by Gasteiger charge is -2.09. The predicted octanol–water partition coefficient (Wildman–Crippen LogP) is 2.39. The molecule has 1 aromatic rings. The molecule has 1 aromatic carbocycles. The van der Waals surface area contributed by atoms with Crippen molar-refractivity contribution in [3.63, 3.8) is 0 Å². The lowest BCUT2D eigenvalue weighted by Crippen LogP contribution is -1.94. The number of rotatable bonds is 3. The quantitative estimate of drug-likeness (QED) is 0.721. The van der Waals surface area contributed by atoms with E-state index < -0.39 is 0 Å². The van der Waals surface area contributed by atoms with Crippen LogP contribution in [0.25, 0.3) is 0 Å². The van der Waals surface area contributed by atoms with Crippen LogP contribution in [0.1, 0.15) is 30.4 Å². The fourth-order valence-corrected chi connectivity index (χ4v) is 1.21. The molecule has 70 valence electrons. The Hall–Kier alpha value is -1.31. The average molecular weight is 178 g/mol. The first-order valence-electron chi connectivity index (χ1n) is 4.38. The standard InChI is InChI=1S/C11H14O2/c1-8(5-6-12)10-4-3-9(2)11(13)7-10/h3-4,6-8,13H,5H2,1-2H3. The molecule has 1 atom stereocenters. The number of aldehydes is 1. The summed E-state index contributed by atoms with van der Waals surface area (Å²) in [5, 5.41) is 9.43. The number of carbonyl (C=O) groups excluding carboxylic acids is 1. The molecule has 0 spiro atoms. The second kappa shape index (κ2) is 4.08. The van der Waals surface area contributed by atoms with Gasteiger partial charge in [0.05, 0.1) is 0 Å². The SMILES string of the molecule is Cc1ccc(C(C)CC=O)cc1O. The molecule has 13 heavy (non-hydrogen) atoms. The highest BCUT2D eigenvalue weighted by Crippen LogP contribution is 2.24. The molecular formula is C11H14O2. The van der Waals surface area contributed by atoms with Crippen LogP contribution in [0.2, 0.25) is 0 Å². The summed E-state index contributed by atoms with van der Waals surface area (Å²) in [6.45, 7) is 3.82. The molecule has 2 nitrogen and oxygen atoms in total. The van der Waals surface area contributed by atoms with Crippen molar-refractivity contribution < 1.29 is 9.90 Å². The first-order chi connectivity index (χ1) is 6.15. The summed E-state index contributed by atoms with van der Waals surface area (Å²) in [5.74, 6) is 0.485. The number of benzene rings is 1. The fourth-order valence-electron chi connectivity index (χ4n) is 1.21. The highest BCUT2D eigenvalue weighted by Gasteiger charge is 2.06. The number of carbonyl (C=O) groups is 1. The summed E-state index contributed by atoms with van der Waals surface area (Å²) in [5.41, 5.74) is 1.87. The predicted molar refractivity (Wildman–Crippen MR) is 51.9 cm³/mol.